The minimum Gasteiger partial charge on any atom is -0.352 e. The van der Waals surface area contributed by atoms with E-state index < -0.39 is 0 Å². The maximum Gasteiger partial charge on any atom is 0.253 e. The number of nitrogens with two attached hydrogens (primary N) is 1. The number of pyridine rings is 1. The van der Waals surface area contributed by atoms with Gasteiger partial charge in [-0.15, -0.1) is 0 Å². The molecule has 2 rings (SSSR count). The third-order valence-corrected chi connectivity index (χ3v) is 3.22. The van der Waals surface area contributed by atoms with Crippen LogP contribution in [0.5, 0.6) is 0 Å². The Labute approximate surface area is 119 Å². The first kappa shape index (κ1) is 14.2. The highest BCUT2D eigenvalue weighted by Crippen LogP contribution is 2.12. The number of nitrogens with zero attached hydrogens (tertiary/aromatic N) is 1. The molecule has 3 N–H and O–H groups in total. The summed E-state index contributed by atoms with van der Waals surface area (Å²) in [6.45, 7) is 2.37. The van der Waals surface area contributed by atoms with Crippen LogP contribution in [0.15, 0.2) is 48.7 Å². The first-order valence-electron chi connectivity index (χ1n) is 6.69. The second-order valence-electron chi connectivity index (χ2n) is 4.70. The molecular formula is C16H19N3O. The van der Waals surface area contributed by atoms with Crippen LogP contribution >= 0.6 is 0 Å². The lowest BCUT2D eigenvalue weighted by Gasteiger charge is -2.13. The summed E-state index contributed by atoms with van der Waals surface area (Å²) in [4.78, 5) is 16.1. The molecule has 1 atom stereocenters. The second kappa shape index (κ2) is 6.82. The zero-order valence-electron chi connectivity index (χ0n) is 11.5. The number of hydrogen-bond acceptors (Lipinski definition) is 3. The zero-order valence-corrected chi connectivity index (χ0v) is 11.5. The number of aryl methyl sites for hydroxylation is 1. The number of rotatable bonds is 5. The summed E-state index contributed by atoms with van der Waals surface area (Å²) in [5, 5.41) is 2.88. The Kier molecular flexibility index (Phi) is 4.85. The van der Waals surface area contributed by atoms with E-state index in [9.17, 15) is 4.79 Å². The lowest BCUT2D eigenvalue weighted by atomic mass is 10.0. The van der Waals surface area contributed by atoms with E-state index in [1.807, 2.05) is 37.3 Å². The summed E-state index contributed by atoms with van der Waals surface area (Å²) < 4.78 is 0. The van der Waals surface area contributed by atoms with Crippen LogP contribution in [0.25, 0.3) is 0 Å². The maximum absolute atomic E-state index is 12.0. The molecular weight excluding hydrogens is 250 g/mol. The molecule has 1 aromatic heterocycles. The largest absolute Gasteiger partial charge is 0.352 e. The fourth-order valence-corrected chi connectivity index (χ4v) is 2.03. The number of aromatic nitrogens is 1. The van der Waals surface area contributed by atoms with Gasteiger partial charge in [-0.05, 0) is 31.0 Å². The molecule has 0 bridgehead atoms. The smallest absolute Gasteiger partial charge is 0.253 e. The summed E-state index contributed by atoms with van der Waals surface area (Å²) in [5.41, 5.74) is 8.51. The van der Waals surface area contributed by atoms with Crippen molar-refractivity contribution in [3.05, 3.63) is 65.5 Å². The van der Waals surface area contributed by atoms with E-state index in [2.05, 4.69) is 10.3 Å². The molecule has 4 nitrogen and oxygen atoms in total. The van der Waals surface area contributed by atoms with Crippen molar-refractivity contribution in [3.63, 3.8) is 0 Å². The molecule has 2 aromatic rings. The van der Waals surface area contributed by atoms with Crippen LogP contribution in [0.4, 0.5) is 0 Å². The number of carbonyl (C=O) groups excluding carboxylic acids is 1. The molecule has 104 valence electrons. The Morgan fingerprint density at radius 3 is 2.70 bits per heavy atom. The lowest BCUT2D eigenvalue weighted by molar-refractivity contribution is 0.0951. The van der Waals surface area contributed by atoms with Gasteiger partial charge in [-0.25, -0.2) is 0 Å². The van der Waals surface area contributed by atoms with Crippen molar-refractivity contribution in [1.29, 1.82) is 0 Å². The van der Waals surface area contributed by atoms with E-state index >= 15 is 0 Å². The molecule has 0 aliphatic rings. The van der Waals surface area contributed by atoms with Gasteiger partial charge in [0.05, 0.1) is 5.56 Å². The van der Waals surface area contributed by atoms with Crippen LogP contribution in [0.2, 0.25) is 0 Å². The van der Waals surface area contributed by atoms with Gasteiger partial charge in [0.2, 0.25) is 0 Å². The number of hydrogen-bond donors (Lipinski definition) is 2. The van der Waals surface area contributed by atoms with Gasteiger partial charge in [0.25, 0.3) is 5.91 Å². The van der Waals surface area contributed by atoms with Crippen LogP contribution in [0.3, 0.4) is 0 Å². The van der Waals surface area contributed by atoms with Gasteiger partial charge >= 0.3 is 0 Å². The van der Waals surface area contributed by atoms with Crippen LogP contribution in [-0.2, 0) is 0 Å². The molecule has 1 heterocycles. The van der Waals surface area contributed by atoms with E-state index in [0.717, 1.165) is 11.3 Å². The van der Waals surface area contributed by atoms with Crippen molar-refractivity contribution in [1.82, 2.24) is 10.3 Å². The van der Waals surface area contributed by atoms with Crippen molar-refractivity contribution in [2.24, 2.45) is 5.73 Å². The highest BCUT2D eigenvalue weighted by Gasteiger charge is 2.10. The summed E-state index contributed by atoms with van der Waals surface area (Å²) >= 11 is 0. The number of benzene rings is 1. The topological polar surface area (TPSA) is 68.0 Å². The van der Waals surface area contributed by atoms with Crippen molar-refractivity contribution in [2.45, 2.75) is 19.4 Å². The van der Waals surface area contributed by atoms with E-state index in [-0.39, 0.29) is 11.9 Å². The summed E-state index contributed by atoms with van der Waals surface area (Å²) in [6, 6.07) is 13.4. The molecule has 0 aliphatic heterocycles. The molecule has 0 fully saturated rings. The van der Waals surface area contributed by atoms with Crippen molar-refractivity contribution >= 4 is 5.91 Å². The van der Waals surface area contributed by atoms with Gasteiger partial charge in [0, 0.05) is 24.5 Å². The molecule has 1 unspecified atom stereocenters. The minimum atomic E-state index is -0.101. The number of nitrogens with one attached hydrogen (secondary N) is 1. The maximum atomic E-state index is 12.0. The Bertz CT molecular complexity index is 569. The van der Waals surface area contributed by atoms with E-state index in [1.54, 1.807) is 18.3 Å². The van der Waals surface area contributed by atoms with E-state index in [0.29, 0.717) is 18.5 Å². The first-order chi connectivity index (χ1) is 9.68. The fraction of sp³-hybridized carbons (Fsp3) is 0.250. The van der Waals surface area contributed by atoms with Gasteiger partial charge in [-0.2, -0.15) is 0 Å². The molecule has 0 radical (unpaired) electrons. The molecule has 0 saturated carbocycles. The fourth-order valence-electron chi connectivity index (χ4n) is 2.03. The highest BCUT2D eigenvalue weighted by molar-refractivity contribution is 5.95. The summed E-state index contributed by atoms with van der Waals surface area (Å²) in [7, 11) is 0. The van der Waals surface area contributed by atoms with E-state index in [4.69, 9.17) is 5.73 Å². The van der Waals surface area contributed by atoms with Crippen LogP contribution in [-0.4, -0.2) is 17.4 Å². The predicted octanol–water partition coefficient (Wildman–Crippen LogP) is 2.21. The normalized spacial score (nSPS) is 11.9. The molecule has 20 heavy (non-hydrogen) atoms. The molecule has 0 aliphatic carbocycles. The lowest BCUT2D eigenvalue weighted by Crippen LogP contribution is -2.27. The highest BCUT2D eigenvalue weighted by atomic mass is 16.1. The van der Waals surface area contributed by atoms with Gasteiger partial charge in [-0.3, -0.25) is 9.78 Å². The molecule has 0 spiro atoms. The average molecular weight is 269 g/mol. The molecule has 1 amide bonds. The Hall–Kier alpha value is -2.20. The van der Waals surface area contributed by atoms with Gasteiger partial charge in [0.1, 0.15) is 0 Å². The van der Waals surface area contributed by atoms with Crippen molar-refractivity contribution in [3.8, 4) is 0 Å². The zero-order chi connectivity index (χ0) is 14.4. The van der Waals surface area contributed by atoms with Crippen LogP contribution in [0.1, 0.15) is 34.1 Å². The Morgan fingerprint density at radius 1 is 1.25 bits per heavy atom. The number of amides is 1. The van der Waals surface area contributed by atoms with Crippen molar-refractivity contribution < 1.29 is 4.79 Å². The predicted molar refractivity (Wildman–Crippen MR) is 79.3 cm³/mol. The van der Waals surface area contributed by atoms with Gasteiger partial charge in [-0.1, -0.05) is 30.3 Å². The first-order valence-corrected chi connectivity index (χ1v) is 6.69. The number of carbonyl (C=O) groups is 1. The van der Waals surface area contributed by atoms with Gasteiger partial charge in [0.15, 0.2) is 0 Å². The Morgan fingerprint density at radius 2 is 2.00 bits per heavy atom. The minimum absolute atomic E-state index is 0.0634. The second-order valence-corrected chi connectivity index (χ2v) is 4.70. The third-order valence-electron chi connectivity index (χ3n) is 3.22. The van der Waals surface area contributed by atoms with Crippen LogP contribution < -0.4 is 11.1 Å². The monoisotopic (exact) mass is 269 g/mol. The summed E-state index contributed by atoms with van der Waals surface area (Å²) in [5.74, 6) is -0.101. The standard InChI is InChI=1S/C16H19N3O/c1-12-14(8-5-10-18-12)16(20)19-11-9-15(17)13-6-3-2-4-7-13/h2-8,10,15H,9,11,17H2,1H3,(H,19,20). The summed E-state index contributed by atoms with van der Waals surface area (Å²) in [6.07, 6.45) is 2.38. The Balaban J connectivity index is 1.84. The average Bonchev–Trinajstić information content (AvgIpc) is 2.48. The third kappa shape index (κ3) is 3.65. The van der Waals surface area contributed by atoms with Crippen molar-refractivity contribution in [2.75, 3.05) is 6.54 Å². The molecule has 0 saturated heterocycles. The SMILES string of the molecule is Cc1ncccc1C(=O)NCCC(N)c1ccccc1. The van der Waals surface area contributed by atoms with Crippen LogP contribution in [0, 0.1) is 6.92 Å². The molecule has 1 aromatic carbocycles. The van der Waals surface area contributed by atoms with E-state index in [1.165, 1.54) is 0 Å². The van der Waals surface area contributed by atoms with Gasteiger partial charge < -0.3 is 11.1 Å². The molecule has 4 heteroatoms. The quantitative estimate of drug-likeness (QED) is 0.874.